The van der Waals surface area contributed by atoms with Crippen molar-refractivity contribution in [3.05, 3.63) is 34.9 Å². The highest BCUT2D eigenvalue weighted by Gasteiger charge is 2.17. The first-order chi connectivity index (χ1) is 9.74. The molecule has 1 aliphatic heterocycles. The van der Waals surface area contributed by atoms with Crippen molar-refractivity contribution in [1.82, 2.24) is 10.6 Å². The zero-order valence-corrected chi connectivity index (χ0v) is 13.1. The van der Waals surface area contributed by atoms with Crippen LogP contribution in [-0.2, 0) is 10.5 Å². The number of amides is 1. The highest BCUT2D eigenvalue weighted by molar-refractivity contribution is 7.98. The minimum absolute atomic E-state index is 0.182. The number of halogens is 1. The van der Waals surface area contributed by atoms with Crippen molar-refractivity contribution in [2.45, 2.75) is 18.6 Å². The smallest absolute Gasteiger partial charge is 0.220 e. The minimum Gasteiger partial charge on any atom is -0.355 e. The zero-order chi connectivity index (χ0) is 14.2. The maximum Gasteiger partial charge on any atom is 0.220 e. The van der Waals surface area contributed by atoms with Gasteiger partial charge in [-0.2, -0.15) is 11.8 Å². The normalized spacial score (nSPS) is 18.1. The number of hydrogen-bond donors (Lipinski definition) is 2. The summed E-state index contributed by atoms with van der Waals surface area (Å²) in [7, 11) is 0. The quantitative estimate of drug-likeness (QED) is 0.761. The lowest BCUT2D eigenvalue weighted by Gasteiger charge is -2.09. The number of nitrogens with one attached hydrogen (secondary N) is 2. The Morgan fingerprint density at radius 2 is 2.40 bits per heavy atom. The van der Waals surface area contributed by atoms with E-state index >= 15 is 0 Å². The fourth-order valence-electron chi connectivity index (χ4n) is 2.30. The Balaban J connectivity index is 1.53. The van der Waals surface area contributed by atoms with Gasteiger partial charge in [-0.1, -0.05) is 23.7 Å². The molecule has 5 heteroatoms. The Hall–Kier alpha value is -0.710. The van der Waals surface area contributed by atoms with Gasteiger partial charge in [0.05, 0.1) is 0 Å². The molecule has 0 saturated carbocycles. The van der Waals surface area contributed by atoms with E-state index in [9.17, 15) is 4.79 Å². The first kappa shape index (κ1) is 15.7. The van der Waals surface area contributed by atoms with Crippen LogP contribution in [0.1, 0.15) is 18.4 Å². The lowest BCUT2D eigenvalue weighted by atomic mass is 10.1. The highest BCUT2D eigenvalue weighted by atomic mass is 35.5. The molecule has 0 spiro atoms. The van der Waals surface area contributed by atoms with E-state index in [1.54, 1.807) is 0 Å². The molecule has 3 nitrogen and oxygen atoms in total. The number of carbonyl (C=O) groups excluding carboxylic acids is 1. The first-order valence-electron chi connectivity index (χ1n) is 7.03. The largest absolute Gasteiger partial charge is 0.355 e. The average Bonchev–Trinajstić information content (AvgIpc) is 2.91. The van der Waals surface area contributed by atoms with Gasteiger partial charge in [-0.3, -0.25) is 4.79 Å². The van der Waals surface area contributed by atoms with E-state index < -0.39 is 0 Å². The molecule has 1 heterocycles. The van der Waals surface area contributed by atoms with Crippen molar-refractivity contribution < 1.29 is 4.79 Å². The molecule has 110 valence electrons. The second-order valence-corrected chi connectivity index (χ2v) is 6.64. The molecule has 0 aliphatic carbocycles. The van der Waals surface area contributed by atoms with Gasteiger partial charge in [-0.05, 0) is 43.1 Å². The van der Waals surface area contributed by atoms with Crippen LogP contribution in [0.5, 0.6) is 0 Å². The van der Waals surface area contributed by atoms with Gasteiger partial charge in [0.25, 0.3) is 0 Å². The van der Waals surface area contributed by atoms with E-state index in [-0.39, 0.29) is 5.91 Å². The third-order valence-corrected chi connectivity index (χ3v) is 4.63. The summed E-state index contributed by atoms with van der Waals surface area (Å²) in [6.45, 7) is 2.77. The van der Waals surface area contributed by atoms with Crippen molar-refractivity contribution in [3.8, 4) is 0 Å². The van der Waals surface area contributed by atoms with Gasteiger partial charge in [0.15, 0.2) is 0 Å². The number of benzene rings is 1. The number of hydrogen-bond acceptors (Lipinski definition) is 3. The fourth-order valence-corrected chi connectivity index (χ4v) is 3.32. The third-order valence-electron chi connectivity index (χ3n) is 3.36. The topological polar surface area (TPSA) is 41.1 Å². The van der Waals surface area contributed by atoms with Crippen LogP contribution in [-0.4, -0.2) is 31.3 Å². The summed E-state index contributed by atoms with van der Waals surface area (Å²) in [6, 6.07) is 7.91. The minimum atomic E-state index is 0.182. The van der Waals surface area contributed by atoms with E-state index in [1.165, 1.54) is 5.56 Å². The molecule has 1 aromatic carbocycles. The monoisotopic (exact) mass is 312 g/mol. The molecule has 0 aromatic heterocycles. The molecule has 0 bridgehead atoms. The summed E-state index contributed by atoms with van der Waals surface area (Å²) in [5.74, 6) is 2.57. The lowest BCUT2D eigenvalue weighted by Crippen LogP contribution is -2.28. The standard InChI is InChI=1S/C15H21ClN2OS/c16-14-3-1-2-13(8-14)11-20-7-6-18-15(19)9-12-4-5-17-10-12/h1-3,8,12,17H,4-7,9-11H2,(H,18,19)/t12-/m1/s1. The van der Waals surface area contributed by atoms with E-state index in [1.807, 2.05) is 30.0 Å². The van der Waals surface area contributed by atoms with Gasteiger partial charge in [0, 0.05) is 29.5 Å². The molecular formula is C15H21ClN2OS. The Morgan fingerprint density at radius 3 is 3.15 bits per heavy atom. The summed E-state index contributed by atoms with van der Waals surface area (Å²) in [4.78, 5) is 11.7. The summed E-state index contributed by atoms with van der Waals surface area (Å²) in [6.07, 6.45) is 1.78. The Morgan fingerprint density at radius 1 is 1.50 bits per heavy atom. The van der Waals surface area contributed by atoms with E-state index in [0.717, 1.165) is 42.6 Å². The lowest BCUT2D eigenvalue weighted by molar-refractivity contribution is -0.121. The van der Waals surface area contributed by atoms with Gasteiger partial charge in [-0.15, -0.1) is 0 Å². The molecule has 2 rings (SSSR count). The van der Waals surface area contributed by atoms with Crippen LogP contribution < -0.4 is 10.6 Å². The Kier molecular flexibility index (Phi) is 6.70. The average molecular weight is 313 g/mol. The second-order valence-electron chi connectivity index (χ2n) is 5.10. The molecule has 0 radical (unpaired) electrons. The number of thioether (sulfide) groups is 1. The van der Waals surface area contributed by atoms with Crippen LogP contribution in [0, 0.1) is 5.92 Å². The Bertz CT molecular complexity index is 436. The predicted octanol–water partition coefficient (Wildman–Crippen LogP) is 2.69. The first-order valence-corrected chi connectivity index (χ1v) is 8.57. The van der Waals surface area contributed by atoms with E-state index in [0.29, 0.717) is 12.3 Å². The van der Waals surface area contributed by atoms with Crippen LogP contribution in [0.3, 0.4) is 0 Å². The van der Waals surface area contributed by atoms with E-state index in [2.05, 4.69) is 16.7 Å². The number of rotatable bonds is 7. The van der Waals surface area contributed by atoms with Crippen molar-refractivity contribution >= 4 is 29.3 Å². The van der Waals surface area contributed by atoms with Gasteiger partial charge < -0.3 is 10.6 Å². The van der Waals surface area contributed by atoms with Crippen molar-refractivity contribution in [2.75, 3.05) is 25.4 Å². The maximum absolute atomic E-state index is 11.7. The SMILES string of the molecule is O=C(C[C@H]1CCNC1)NCCSCc1cccc(Cl)c1. The molecule has 1 fully saturated rings. The molecule has 1 atom stereocenters. The van der Waals surface area contributed by atoms with Crippen LogP contribution >= 0.6 is 23.4 Å². The van der Waals surface area contributed by atoms with Crippen LogP contribution in [0.25, 0.3) is 0 Å². The summed E-state index contributed by atoms with van der Waals surface area (Å²) >= 11 is 7.75. The molecule has 2 N–H and O–H groups in total. The highest BCUT2D eigenvalue weighted by Crippen LogP contribution is 2.16. The molecule has 1 saturated heterocycles. The van der Waals surface area contributed by atoms with Crippen molar-refractivity contribution in [3.63, 3.8) is 0 Å². The van der Waals surface area contributed by atoms with Gasteiger partial charge in [0.2, 0.25) is 5.91 Å². The molecule has 1 aromatic rings. The molecule has 20 heavy (non-hydrogen) atoms. The zero-order valence-electron chi connectivity index (χ0n) is 11.5. The predicted molar refractivity (Wildman–Crippen MR) is 86.2 cm³/mol. The molecule has 1 amide bonds. The summed E-state index contributed by atoms with van der Waals surface area (Å²) < 4.78 is 0. The Labute approximate surface area is 129 Å². The van der Waals surface area contributed by atoms with Crippen LogP contribution in [0.4, 0.5) is 0 Å². The van der Waals surface area contributed by atoms with Crippen molar-refractivity contribution in [2.24, 2.45) is 5.92 Å². The van der Waals surface area contributed by atoms with Gasteiger partial charge >= 0.3 is 0 Å². The molecule has 0 unspecified atom stereocenters. The van der Waals surface area contributed by atoms with Gasteiger partial charge in [0.1, 0.15) is 0 Å². The maximum atomic E-state index is 11.7. The van der Waals surface area contributed by atoms with Crippen molar-refractivity contribution in [1.29, 1.82) is 0 Å². The molecule has 1 aliphatic rings. The second kappa shape index (κ2) is 8.55. The van der Waals surface area contributed by atoms with Gasteiger partial charge in [-0.25, -0.2) is 0 Å². The molecular weight excluding hydrogens is 292 g/mol. The number of carbonyl (C=O) groups is 1. The van der Waals surface area contributed by atoms with Crippen LogP contribution in [0.15, 0.2) is 24.3 Å². The van der Waals surface area contributed by atoms with E-state index in [4.69, 9.17) is 11.6 Å². The third kappa shape index (κ3) is 5.73. The summed E-state index contributed by atoms with van der Waals surface area (Å²) in [5.41, 5.74) is 1.23. The summed E-state index contributed by atoms with van der Waals surface area (Å²) in [5, 5.41) is 7.05. The fraction of sp³-hybridized carbons (Fsp3) is 0.533. The van der Waals surface area contributed by atoms with Crippen LogP contribution in [0.2, 0.25) is 5.02 Å².